The normalized spacial score (nSPS) is 12.0. The molecule has 0 N–H and O–H groups in total. The second-order valence-corrected chi connectivity index (χ2v) is 24.1. The maximum absolute atomic E-state index is 14.1. The summed E-state index contributed by atoms with van der Waals surface area (Å²) in [6.45, 7) is 7.27. The fourth-order valence-electron chi connectivity index (χ4n) is 8.75. The molecule has 0 aliphatic heterocycles. The average Bonchev–Trinajstić information content (AvgIpc) is 4.26. The first kappa shape index (κ1) is 66.9. The molecule has 4 heterocycles. The van der Waals surface area contributed by atoms with E-state index in [9.17, 15) is 45.1 Å². The molecule has 0 bridgehead atoms. The number of fused-ring (bicyclic) bond motifs is 2. The second-order valence-electron chi connectivity index (χ2n) is 17.8. The number of carboxylic acid groups (broad SMARTS) is 2. The third-order valence-electron chi connectivity index (χ3n) is 12.8. The van der Waals surface area contributed by atoms with Gasteiger partial charge in [-0.25, -0.2) is 34.7 Å². The van der Waals surface area contributed by atoms with E-state index in [4.69, 9.17) is 28.4 Å². The Morgan fingerprint density at radius 1 is 0.524 bits per heavy atom. The third-order valence-corrected chi connectivity index (χ3v) is 18.9. The van der Waals surface area contributed by atoms with Crippen LogP contribution in [0, 0.1) is 27.7 Å². The first-order valence-corrected chi connectivity index (χ1v) is 29.7. The summed E-state index contributed by atoms with van der Waals surface area (Å²) in [5.74, 6) is -0.0828. The van der Waals surface area contributed by atoms with Gasteiger partial charge in [-0.3, -0.25) is 18.4 Å². The number of pyridine rings is 2. The zero-order chi connectivity index (χ0) is 58.4. The Morgan fingerprint density at radius 2 is 0.939 bits per heavy atom. The molecule has 28 heteroatoms. The van der Waals surface area contributed by atoms with Crippen molar-refractivity contribution in [3.8, 4) is 34.5 Å². The number of aliphatic carboxylic acids is 2. The minimum Gasteiger partial charge on any atom is -0.550 e. The van der Waals surface area contributed by atoms with E-state index in [0.717, 1.165) is 19.1 Å². The van der Waals surface area contributed by atoms with E-state index in [-0.39, 0.29) is 133 Å². The topological polar surface area (TPSA) is 299 Å². The first-order valence-electron chi connectivity index (χ1n) is 24.2. The summed E-state index contributed by atoms with van der Waals surface area (Å²) >= 11 is 0. The van der Waals surface area contributed by atoms with Crippen LogP contribution in [0.2, 0.25) is 0 Å². The number of hydrogen-bond donors (Lipinski definition) is 0. The number of carbonyl (C=O) groups excluding carboxylic acids is 2. The van der Waals surface area contributed by atoms with Gasteiger partial charge in [-0.15, -0.1) is 0 Å². The Morgan fingerprint density at radius 3 is 1.35 bits per heavy atom. The third kappa shape index (κ3) is 14.3. The van der Waals surface area contributed by atoms with Crippen molar-refractivity contribution in [3.05, 3.63) is 130 Å². The molecular formula is C54H56N6Na2O16S4. The van der Waals surface area contributed by atoms with Gasteiger partial charge in [0.25, 0.3) is 20.0 Å². The van der Waals surface area contributed by atoms with Gasteiger partial charge in [0, 0.05) is 58.7 Å². The van der Waals surface area contributed by atoms with Crippen LogP contribution < -0.4 is 97.7 Å². The van der Waals surface area contributed by atoms with E-state index >= 15 is 0 Å². The SMILES string of the molecule is COc1ccc2c(c1)nc(S(=O)Cc1ncc(C)c(OC)c1C)n2S(=O)(=O)c1ccc(OC)c(CCC(=O)[O-])c1.COc1ccc2nc(S(=O)Cc3ncc(C)c(OC)c3C)n(S(=O)(=O)c3ccc(OC)c(CCC(=O)[O-])c3)c2c1.[Na+].[Na+]. The predicted octanol–water partition coefficient (Wildman–Crippen LogP) is -1.39. The van der Waals surface area contributed by atoms with Crippen LogP contribution in [0.5, 0.6) is 34.5 Å². The van der Waals surface area contributed by atoms with E-state index in [1.165, 1.54) is 91.2 Å². The smallest absolute Gasteiger partial charge is 0.550 e. The number of aromatic nitrogens is 6. The molecule has 0 aliphatic rings. The van der Waals surface area contributed by atoms with Crippen molar-refractivity contribution >= 4 is 75.7 Å². The number of hydrogen-bond acceptors (Lipinski definition) is 20. The number of imidazole rings is 2. The van der Waals surface area contributed by atoms with E-state index in [1.807, 2.05) is 13.8 Å². The van der Waals surface area contributed by atoms with Crippen molar-refractivity contribution in [2.24, 2.45) is 0 Å². The fraction of sp³-hybridized carbons (Fsp3) is 0.296. The average molecular weight is 1220 g/mol. The van der Waals surface area contributed by atoms with Crippen LogP contribution in [0.1, 0.15) is 57.6 Å². The van der Waals surface area contributed by atoms with Gasteiger partial charge in [0.15, 0.2) is 0 Å². The van der Waals surface area contributed by atoms with E-state index < -0.39 is 53.6 Å². The Hall–Kier alpha value is -5.94. The first-order chi connectivity index (χ1) is 38.0. The monoisotopic (exact) mass is 1220 g/mol. The van der Waals surface area contributed by atoms with Crippen LogP contribution in [0.3, 0.4) is 0 Å². The molecule has 424 valence electrons. The van der Waals surface area contributed by atoms with Crippen LogP contribution in [0.15, 0.2) is 105 Å². The molecule has 8 rings (SSSR count). The Bertz CT molecular complexity index is 3920. The van der Waals surface area contributed by atoms with Crippen LogP contribution in [-0.4, -0.2) is 108 Å². The molecule has 0 aliphatic carbocycles. The van der Waals surface area contributed by atoms with Gasteiger partial charge in [0.2, 0.25) is 10.3 Å². The Balaban J connectivity index is 0.000000293. The van der Waals surface area contributed by atoms with Crippen molar-refractivity contribution in [1.82, 2.24) is 27.9 Å². The van der Waals surface area contributed by atoms with Crippen molar-refractivity contribution < 1.29 is 133 Å². The van der Waals surface area contributed by atoms with Crippen molar-refractivity contribution in [3.63, 3.8) is 0 Å². The second kappa shape index (κ2) is 28.6. The van der Waals surface area contributed by atoms with Gasteiger partial charge in [0.1, 0.15) is 34.5 Å². The summed E-state index contributed by atoms with van der Waals surface area (Å²) in [6.07, 6.45) is 2.55. The number of rotatable bonds is 22. The van der Waals surface area contributed by atoms with E-state index in [1.54, 1.807) is 50.5 Å². The van der Waals surface area contributed by atoms with E-state index in [2.05, 4.69) is 19.9 Å². The summed E-state index contributed by atoms with van der Waals surface area (Å²) < 4.78 is 118. The van der Waals surface area contributed by atoms with Gasteiger partial charge in [-0.05, 0) is 125 Å². The van der Waals surface area contributed by atoms with Crippen LogP contribution in [0.25, 0.3) is 22.1 Å². The molecule has 0 radical (unpaired) electrons. The van der Waals surface area contributed by atoms with Crippen molar-refractivity contribution in [1.29, 1.82) is 0 Å². The molecular weight excluding hydrogens is 1160 g/mol. The van der Waals surface area contributed by atoms with Gasteiger partial charge in [0.05, 0.1) is 119 Å². The summed E-state index contributed by atoms with van der Waals surface area (Å²) in [6, 6.07) is 17.6. The summed E-state index contributed by atoms with van der Waals surface area (Å²) in [5.41, 5.74) is 5.61. The minimum atomic E-state index is -4.39. The quantitative estimate of drug-likeness (QED) is 0.0706. The largest absolute Gasteiger partial charge is 1.00 e. The molecule has 4 aromatic carbocycles. The number of ether oxygens (including phenoxy) is 6. The summed E-state index contributed by atoms with van der Waals surface area (Å²) in [7, 11) is -3.87. The fourth-order valence-corrected chi connectivity index (χ4v) is 14.9. The van der Waals surface area contributed by atoms with E-state index in [0.29, 0.717) is 73.7 Å². The molecule has 22 nitrogen and oxygen atoms in total. The number of methoxy groups -OCH3 is 6. The minimum absolute atomic E-state index is 0. The van der Waals surface area contributed by atoms with Crippen molar-refractivity contribution in [2.45, 2.75) is 85.0 Å². The molecule has 82 heavy (non-hydrogen) atoms. The Labute approximate surface area is 523 Å². The molecule has 2 atom stereocenters. The maximum atomic E-state index is 14.1. The molecule has 0 amide bonds. The van der Waals surface area contributed by atoms with Crippen molar-refractivity contribution in [2.75, 3.05) is 42.7 Å². The standard InChI is InChI=1S/2C27H29N3O8S2.2Na/c1-16-14-28-22(17(2)26(16)38-5)15-39(33)27-29-21-13-19(36-3)7-9-23(21)30(27)40(34,35)20-8-10-24(37-4)18(12-20)6-11-25(31)32;1-16-14-28-22(17(2)26(16)38-5)15-39(33)27-29-21-9-7-19(36-3)13-23(21)30(27)40(34,35)20-8-10-24(37-4)18(12-20)6-11-25(31)32;;/h2*7-10,12-14H,6,11,15H2,1-5H3,(H,31,32);;/q;;2*+1/p-2. The predicted molar refractivity (Wildman–Crippen MR) is 291 cm³/mol. The number of nitrogens with zero attached hydrogens (tertiary/aromatic N) is 6. The van der Waals surface area contributed by atoms with Crippen LogP contribution in [0.4, 0.5) is 0 Å². The molecule has 0 saturated carbocycles. The van der Waals surface area contributed by atoms with Gasteiger partial charge in [-0.2, -0.15) is 0 Å². The number of carbonyl (C=O) groups is 2. The molecule has 0 saturated heterocycles. The zero-order valence-electron chi connectivity index (χ0n) is 47.2. The Kier molecular flexibility index (Phi) is 23.3. The molecule has 0 spiro atoms. The van der Waals surface area contributed by atoms with Gasteiger partial charge >= 0.3 is 59.1 Å². The number of aryl methyl sites for hydroxylation is 4. The van der Waals surface area contributed by atoms with Gasteiger partial charge < -0.3 is 48.2 Å². The summed E-state index contributed by atoms with van der Waals surface area (Å²) in [4.78, 5) is 39.5. The molecule has 8 aromatic rings. The van der Waals surface area contributed by atoms with Crippen LogP contribution >= 0.6 is 0 Å². The molecule has 2 unspecified atom stereocenters. The summed E-state index contributed by atoms with van der Waals surface area (Å²) in [5, 5.41) is 21.7. The zero-order valence-corrected chi connectivity index (χ0v) is 54.4. The molecule has 0 fully saturated rings. The maximum Gasteiger partial charge on any atom is 1.00 e. The van der Waals surface area contributed by atoms with Gasteiger partial charge in [-0.1, -0.05) is 0 Å². The number of carboxylic acids is 2. The molecule has 4 aromatic heterocycles. The number of benzene rings is 4. The van der Waals surface area contributed by atoms with Crippen LogP contribution in [-0.2, 0) is 75.6 Å².